The Morgan fingerprint density at radius 1 is 1.43 bits per heavy atom. The molecule has 1 aliphatic heterocycles. The Bertz CT molecular complexity index is 59.1. The Balaban J connectivity index is 2.14. The van der Waals surface area contributed by atoms with Gasteiger partial charge in [-0.3, -0.25) is 10.9 Å². The van der Waals surface area contributed by atoms with Gasteiger partial charge in [-0.05, 0) is 12.5 Å². The van der Waals surface area contributed by atoms with Gasteiger partial charge >= 0.3 is 0 Å². The molecule has 1 N–H and O–H groups in total. The maximum absolute atomic E-state index is 3.26. The van der Waals surface area contributed by atoms with Crippen LogP contribution >= 0.6 is 10.9 Å². The minimum absolute atomic E-state index is 0.363. The first-order valence-corrected chi connectivity index (χ1v) is 4.98. The van der Waals surface area contributed by atoms with Gasteiger partial charge in [0.2, 0.25) is 0 Å². The highest BCUT2D eigenvalue weighted by molar-refractivity contribution is 8.16. The highest BCUT2D eigenvalue weighted by Crippen LogP contribution is 2.24. The van der Waals surface area contributed by atoms with Gasteiger partial charge in [0.15, 0.2) is 0 Å². The Labute approximate surface area is 47.8 Å². The van der Waals surface area contributed by atoms with Crippen LogP contribution in [0.3, 0.4) is 0 Å². The van der Waals surface area contributed by atoms with Crippen molar-refractivity contribution >= 4 is 10.9 Å². The molecule has 0 bridgehead atoms. The van der Waals surface area contributed by atoms with Crippen LogP contribution in [-0.2, 0) is 0 Å². The van der Waals surface area contributed by atoms with E-state index in [2.05, 4.69) is 17.8 Å². The molecule has 2 heteroatoms. The highest BCUT2D eigenvalue weighted by atomic mass is 32.2. The van der Waals surface area contributed by atoms with Crippen molar-refractivity contribution in [2.24, 2.45) is 0 Å². The van der Waals surface area contributed by atoms with E-state index in [-0.39, 0.29) is 0 Å². The quantitative estimate of drug-likeness (QED) is 0.471. The molecule has 0 aromatic rings. The lowest BCUT2D eigenvalue weighted by Crippen LogP contribution is -2.46. The fourth-order valence-corrected chi connectivity index (χ4v) is 1.63. The summed E-state index contributed by atoms with van der Waals surface area (Å²) in [6.45, 7) is 2.55. The van der Waals surface area contributed by atoms with E-state index in [9.17, 15) is 0 Å². The molecule has 0 radical (unpaired) electrons. The molecule has 0 unspecified atom stereocenters. The van der Waals surface area contributed by atoms with Crippen molar-refractivity contribution in [1.82, 2.24) is 5.32 Å². The predicted molar refractivity (Wildman–Crippen MR) is 37.5 cm³/mol. The summed E-state index contributed by atoms with van der Waals surface area (Å²) in [6.07, 6.45) is 4.70. The third kappa shape index (κ3) is 1.10. The molecule has 1 aliphatic rings. The topological polar surface area (TPSA) is 12.0 Å². The minimum Gasteiger partial charge on any atom is -0.315 e. The minimum atomic E-state index is 0.363. The van der Waals surface area contributed by atoms with Gasteiger partial charge in [-0.2, -0.15) is 0 Å². The number of nitrogens with one attached hydrogen (secondary N) is 1. The van der Waals surface area contributed by atoms with Gasteiger partial charge in [0.1, 0.15) is 0 Å². The summed E-state index contributed by atoms with van der Waals surface area (Å²) in [4.78, 5) is 0. The smallest absolute Gasteiger partial charge is 0.0111 e. The van der Waals surface area contributed by atoms with E-state index in [0.717, 1.165) is 5.25 Å². The van der Waals surface area contributed by atoms with E-state index in [4.69, 9.17) is 0 Å². The zero-order valence-electron chi connectivity index (χ0n) is 4.94. The summed E-state index contributed by atoms with van der Waals surface area (Å²) in [5.41, 5.74) is 0. The molecule has 1 nitrogen and oxygen atoms in total. The number of rotatable bonds is 1. The van der Waals surface area contributed by atoms with Crippen molar-refractivity contribution in [2.45, 2.75) is 5.25 Å². The molecule has 1 rings (SSSR count). The number of hydrogen-bond donors (Lipinski definition) is 2. The van der Waals surface area contributed by atoms with Crippen LogP contribution in [0.1, 0.15) is 0 Å². The van der Waals surface area contributed by atoms with Crippen molar-refractivity contribution in [3.05, 3.63) is 0 Å². The van der Waals surface area contributed by atoms with Crippen LogP contribution in [0.5, 0.6) is 0 Å². The molecule has 1 fully saturated rings. The molecule has 0 atom stereocenters. The highest BCUT2D eigenvalue weighted by Gasteiger charge is 2.16. The van der Waals surface area contributed by atoms with Gasteiger partial charge in [0, 0.05) is 18.3 Å². The number of thiol groups is 1. The van der Waals surface area contributed by atoms with Crippen molar-refractivity contribution < 1.29 is 0 Å². The Hall–Kier alpha value is 0.310. The summed E-state index contributed by atoms with van der Waals surface area (Å²) in [5, 5.41) is 4.30. The molecule has 0 spiro atoms. The van der Waals surface area contributed by atoms with Crippen LogP contribution in [0.2, 0.25) is 0 Å². The first kappa shape index (κ1) is 5.45. The molecule has 0 saturated carbocycles. The standard InChI is InChI=1S/C5H13NS/c1-7(2)5-3-6-4-5/h5-7H,3-4H2,1-2H3. The van der Waals surface area contributed by atoms with Gasteiger partial charge < -0.3 is 5.32 Å². The third-order valence-corrected chi connectivity index (χ3v) is 3.32. The van der Waals surface area contributed by atoms with Crippen LogP contribution in [-0.4, -0.2) is 30.9 Å². The lowest BCUT2D eigenvalue weighted by Gasteiger charge is -2.32. The average molecular weight is 119 g/mol. The van der Waals surface area contributed by atoms with Crippen LogP contribution in [0.25, 0.3) is 0 Å². The van der Waals surface area contributed by atoms with Crippen LogP contribution in [0, 0.1) is 0 Å². The average Bonchev–Trinajstić information content (AvgIpc) is 1.23. The van der Waals surface area contributed by atoms with E-state index in [1.165, 1.54) is 13.1 Å². The normalized spacial score (nSPS) is 24.0. The van der Waals surface area contributed by atoms with E-state index < -0.39 is 0 Å². The second kappa shape index (κ2) is 2.05. The van der Waals surface area contributed by atoms with Crippen molar-refractivity contribution in [3.63, 3.8) is 0 Å². The molecular formula is C5H13NS. The largest absolute Gasteiger partial charge is 0.315 e. The van der Waals surface area contributed by atoms with Crippen LogP contribution in [0.15, 0.2) is 0 Å². The first-order valence-electron chi connectivity index (χ1n) is 2.68. The lowest BCUT2D eigenvalue weighted by molar-refractivity contribution is 0.542. The fourth-order valence-electron chi connectivity index (χ4n) is 0.639. The third-order valence-electron chi connectivity index (χ3n) is 1.49. The lowest BCUT2D eigenvalue weighted by atomic mass is 10.3. The summed E-state index contributed by atoms with van der Waals surface area (Å²) in [7, 11) is 0.363. The van der Waals surface area contributed by atoms with E-state index in [0.29, 0.717) is 10.9 Å². The van der Waals surface area contributed by atoms with Crippen LogP contribution in [0.4, 0.5) is 0 Å². The molecular weight excluding hydrogens is 106 g/mol. The van der Waals surface area contributed by atoms with Gasteiger partial charge in [-0.25, -0.2) is 0 Å². The molecule has 1 saturated heterocycles. The fraction of sp³-hybridized carbons (Fsp3) is 1.00. The SMILES string of the molecule is C[SH](C)C1CNC1. The summed E-state index contributed by atoms with van der Waals surface area (Å²) < 4.78 is 0. The maximum Gasteiger partial charge on any atom is 0.0111 e. The van der Waals surface area contributed by atoms with Crippen molar-refractivity contribution in [1.29, 1.82) is 0 Å². The molecule has 0 amide bonds. The Kier molecular flexibility index (Phi) is 1.60. The Morgan fingerprint density at radius 3 is 2.00 bits per heavy atom. The zero-order valence-corrected chi connectivity index (χ0v) is 5.83. The first-order chi connectivity index (χ1) is 3.30. The van der Waals surface area contributed by atoms with E-state index >= 15 is 0 Å². The predicted octanol–water partition coefficient (Wildman–Crippen LogP) is 0.219. The molecule has 0 aromatic heterocycles. The summed E-state index contributed by atoms with van der Waals surface area (Å²) in [5.74, 6) is 0. The molecule has 44 valence electrons. The van der Waals surface area contributed by atoms with Crippen LogP contribution < -0.4 is 5.32 Å². The van der Waals surface area contributed by atoms with Crippen molar-refractivity contribution in [3.8, 4) is 0 Å². The van der Waals surface area contributed by atoms with E-state index in [1.54, 1.807) is 0 Å². The maximum atomic E-state index is 3.26. The Morgan fingerprint density at radius 2 is 2.00 bits per heavy atom. The second-order valence-corrected chi connectivity index (χ2v) is 4.93. The van der Waals surface area contributed by atoms with Gasteiger partial charge in [0.05, 0.1) is 0 Å². The summed E-state index contributed by atoms with van der Waals surface area (Å²) in [6, 6.07) is 0. The van der Waals surface area contributed by atoms with E-state index in [1.807, 2.05) is 0 Å². The monoisotopic (exact) mass is 119 g/mol. The summed E-state index contributed by atoms with van der Waals surface area (Å²) >= 11 is 0. The zero-order chi connectivity index (χ0) is 5.28. The molecule has 0 aromatic carbocycles. The molecule has 1 heterocycles. The number of hydrogen-bond acceptors (Lipinski definition) is 1. The van der Waals surface area contributed by atoms with Gasteiger partial charge in [-0.15, -0.1) is 0 Å². The molecule has 0 aliphatic carbocycles. The van der Waals surface area contributed by atoms with Gasteiger partial charge in [-0.1, -0.05) is 0 Å². The second-order valence-electron chi connectivity index (χ2n) is 2.28. The van der Waals surface area contributed by atoms with Crippen molar-refractivity contribution in [2.75, 3.05) is 25.6 Å². The molecule has 7 heavy (non-hydrogen) atoms. The van der Waals surface area contributed by atoms with Gasteiger partial charge in [0.25, 0.3) is 0 Å².